The molecule has 0 saturated carbocycles. The Bertz CT molecular complexity index is 1310. The SMILES string of the molecule is CCOc1ccccc1COCCCOc1ccc(C2CCNCC2OCc2ccc3ccccc3c2)cc1.Cl. The molecule has 1 aliphatic rings. The number of hydrogen-bond acceptors (Lipinski definition) is 5. The summed E-state index contributed by atoms with van der Waals surface area (Å²) in [5.74, 6) is 2.16. The van der Waals surface area contributed by atoms with Crippen LogP contribution in [0, 0.1) is 0 Å². The second kappa shape index (κ2) is 15.6. The van der Waals surface area contributed by atoms with E-state index in [9.17, 15) is 0 Å². The molecule has 4 aromatic carbocycles. The number of ether oxygens (including phenoxy) is 4. The lowest BCUT2D eigenvalue weighted by atomic mass is 9.87. The van der Waals surface area contributed by atoms with E-state index in [2.05, 4.69) is 72.0 Å². The van der Waals surface area contributed by atoms with Crippen molar-refractivity contribution in [3.8, 4) is 11.5 Å². The van der Waals surface area contributed by atoms with Gasteiger partial charge in [-0.15, -0.1) is 12.4 Å². The Balaban J connectivity index is 0.00000370. The molecule has 0 aromatic heterocycles. The van der Waals surface area contributed by atoms with Crippen molar-refractivity contribution < 1.29 is 18.9 Å². The van der Waals surface area contributed by atoms with Crippen molar-refractivity contribution in [2.75, 3.05) is 32.9 Å². The summed E-state index contributed by atoms with van der Waals surface area (Å²) in [5.41, 5.74) is 3.60. The predicted molar refractivity (Wildman–Crippen MR) is 164 cm³/mol. The van der Waals surface area contributed by atoms with Crippen molar-refractivity contribution in [1.29, 1.82) is 0 Å². The molecule has 40 heavy (non-hydrogen) atoms. The van der Waals surface area contributed by atoms with Gasteiger partial charge in [0, 0.05) is 24.4 Å². The van der Waals surface area contributed by atoms with Crippen LogP contribution in [0.5, 0.6) is 11.5 Å². The van der Waals surface area contributed by atoms with Gasteiger partial charge in [0.25, 0.3) is 0 Å². The van der Waals surface area contributed by atoms with Gasteiger partial charge in [-0.3, -0.25) is 0 Å². The zero-order valence-corrected chi connectivity index (χ0v) is 24.0. The third kappa shape index (κ3) is 8.21. The van der Waals surface area contributed by atoms with E-state index in [1.54, 1.807) is 0 Å². The molecular formula is C34H40ClNO4. The molecule has 0 spiro atoms. The van der Waals surface area contributed by atoms with Gasteiger partial charge in [-0.1, -0.05) is 66.7 Å². The van der Waals surface area contributed by atoms with E-state index in [0.29, 0.717) is 39.0 Å². The first-order valence-electron chi connectivity index (χ1n) is 14.1. The highest BCUT2D eigenvalue weighted by molar-refractivity contribution is 5.85. The number of nitrogens with one attached hydrogen (secondary N) is 1. The lowest BCUT2D eigenvalue weighted by Crippen LogP contribution is -2.40. The maximum absolute atomic E-state index is 6.45. The van der Waals surface area contributed by atoms with Gasteiger partial charge in [-0.25, -0.2) is 0 Å². The summed E-state index contributed by atoms with van der Waals surface area (Å²) in [5, 5.41) is 6.02. The lowest BCUT2D eigenvalue weighted by Gasteiger charge is -2.32. The van der Waals surface area contributed by atoms with E-state index >= 15 is 0 Å². The summed E-state index contributed by atoms with van der Waals surface area (Å²) in [4.78, 5) is 0. The highest BCUT2D eigenvalue weighted by Crippen LogP contribution is 2.30. The molecule has 2 atom stereocenters. The molecule has 1 aliphatic heterocycles. The lowest BCUT2D eigenvalue weighted by molar-refractivity contribution is 0.0106. The number of benzene rings is 4. The van der Waals surface area contributed by atoms with Crippen LogP contribution in [0.4, 0.5) is 0 Å². The van der Waals surface area contributed by atoms with Crippen LogP contribution in [0.1, 0.15) is 42.4 Å². The quantitative estimate of drug-likeness (QED) is 0.173. The molecule has 0 radical (unpaired) electrons. The Labute approximate surface area is 244 Å². The average Bonchev–Trinajstić information content (AvgIpc) is 2.99. The predicted octanol–water partition coefficient (Wildman–Crippen LogP) is 7.31. The van der Waals surface area contributed by atoms with E-state index in [4.69, 9.17) is 18.9 Å². The minimum absolute atomic E-state index is 0. The molecule has 5 rings (SSSR count). The Morgan fingerprint density at radius 3 is 2.45 bits per heavy atom. The first-order chi connectivity index (χ1) is 19.3. The number of fused-ring (bicyclic) bond motifs is 1. The van der Waals surface area contributed by atoms with Gasteiger partial charge in [-0.2, -0.15) is 0 Å². The number of rotatable bonds is 13. The molecule has 1 saturated heterocycles. The fraction of sp³-hybridized carbons (Fsp3) is 0.353. The van der Waals surface area contributed by atoms with Crippen molar-refractivity contribution >= 4 is 23.2 Å². The van der Waals surface area contributed by atoms with Crippen molar-refractivity contribution in [1.82, 2.24) is 5.32 Å². The fourth-order valence-corrected chi connectivity index (χ4v) is 5.18. The van der Waals surface area contributed by atoms with E-state index < -0.39 is 0 Å². The van der Waals surface area contributed by atoms with Gasteiger partial charge < -0.3 is 24.3 Å². The van der Waals surface area contributed by atoms with Gasteiger partial charge in [-0.05, 0) is 66.1 Å². The summed E-state index contributed by atoms with van der Waals surface area (Å²) in [7, 11) is 0. The second-order valence-electron chi connectivity index (χ2n) is 9.99. The first-order valence-corrected chi connectivity index (χ1v) is 14.1. The van der Waals surface area contributed by atoms with Gasteiger partial charge in [0.15, 0.2) is 0 Å². The van der Waals surface area contributed by atoms with Gasteiger partial charge in [0.05, 0.1) is 39.1 Å². The van der Waals surface area contributed by atoms with Crippen LogP contribution in [-0.4, -0.2) is 39.0 Å². The van der Waals surface area contributed by atoms with Crippen LogP contribution in [-0.2, 0) is 22.7 Å². The second-order valence-corrected chi connectivity index (χ2v) is 9.99. The molecule has 1 heterocycles. The molecule has 4 aromatic rings. The molecule has 1 fully saturated rings. The first kappa shape index (κ1) is 29.9. The zero-order chi connectivity index (χ0) is 26.7. The molecule has 6 heteroatoms. The van der Waals surface area contributed by atoms with E-state index in [1.807, 2.05) is 31.2 Å². The monoisotopic (exact) mass is 561 g/mol. The standard InChI is InChI=1S/C34H39NO4.ClH/c1-2-37-33-11-6-5-10-30(33)25-36-20-7-21-38-31-16-14-28(15-17-31)32-18-19-35-23-34(32)39-24-26-12-13-27-8-3-4-9-29(27)22-26;/h3-6,8-17,22,32,34-35H,2,7,18-21,23-25H2,1H3;1H. The molecule has 0 aliphatic carbocycles. The highest BCUT2D eigenvalue weighted by atomic mass is 35.5. The summed E-state index contributed by atoms with van der Waals surface area (Å²) in [6.45, 7) is 6.95. The smallest absolute Gasteiger partial charge is 0.124 e. The van der Waals surface area contributed by atoms with Crippen LogP contribution >= 0.6 is 12.4 Å². The third-order valence-corrected chi connectivity index (χ3v) is 7.24. The molecule has 212 valence electrons. The van der Waals surface area contributed by atoms with Crippen LogP contribution in [0.15, 0.2) is 91.0 Å². The Hall–Kier alpha value is -3.09. The Kier molecular flexibility index (Phi) is 11.7. The largest absolute Gasteiger partial charge is 0.494 e. The van der Waals surface area contributed by atoms with Gasteiger partial charge in [0.1, 0.15) is 11.5 Å². The average molecular weight is 562 g/mol. The number of para-hydroxylation sites is 1. The molecule has 5 nitrogen and oxygen atoms in total. The van der Waals surface area contributed by atoms with Gasteiger partial charge >= 0.3 is 0 Å². The summed E-state index contributed by atoms with van der Waals surface area (Å²) < 4.78 is 24.0. The molecular weight excluding hydrogens is 522 g/mol. The number of hydrogen-bond donors (Lipinski definition) is 1. The van der Waals surface area contributed by atoms with Gasteiger partial charge in [0.2, 0.25) is 0 Å². The van der Waals surface area contributed by atoms with Crippen LogP contribution < -0.4 is 14.8 Å². The zero-order valence-electron chi connectivity index (χ0n) is 23.2. The van der Waals surface area contributed by atoms with Crippen molar-refractivity contribution in [2.24, 2.45) is 0 Å². The normalized spacial score (nSPS) is 16.8. The maximum Gasteiger partial charge on any atom is 0.124 e. The molecule has 1 N–H and O–H groups in total. The maximum atomic E-state index is 6.45. The third-order valence-electron chi connectivity index (χ3n) is 7.24. The summed E-state index contributed by atoms with van der Waals surface area (Å²) >= 11 is 0. The molecule has 2 unspecified atom stereocenters. The highest BCUT2D eigenvalue weighted by Gasteiger charge is 2.27. The topological polar surface area (TPSA) is 49.0 Å². The molecule has 0 amide bonds. The minimum atomic E-state index is 0. The number of halogens is 1. The van der Waals surface area contributed by atoms with Crippen molar-refractivity contribution in [3.63, 3.8) is 0 Å². The van der Waals surface area contributed by atoms with E-state index in [1.165, 1.54) is 21.9 Å². The summed E-state index contributed by atoms with van der Waals surface area (Å²) in [6.07, 6.45) is 2.03. The van der Waals surface area contributed by atoms with Crippen LogP contribution in [0.2, 0.25) is 0 Å². The fourth-order valence-electron chi connectivity index (χ4n) is 5.18. The molecule has 0 bridgehead atoms. The van der Waals surface area contributed by atoms with Crippen molar-refractivity contribution in [2.45, 2.75) is 45.0 Å². The van der Waals surface area contributed by atoms with Crippen molar-refractivity contribution in [3.05, 3.63) is 108 Å². The number of piperidine rings is 1. The van der Waals surface area contributed by atoms with Crippen LogP contribution in [0.3, 0.4) is 0 Å². The van der Waals surface area contributed by atoms with Crippen LogP contribution in [0.25, 0.3) is 10.8 Å². The van der Waals surface area contributed by atoms with E-state index in [-0.39, 0.29) is 18.5 Å². The summed E-state index contributed by atoms with van der Waals surface area (Å²) in [6, 6.07) is 31.6. The minimum Gasteiger partial charge on any atom is -0.494 e. The Morgan fingerprint density at radius 1 is 0.800 bits per heavy atom. The Morgan fingerprint density at radius 2 is 1.60 bits per heavy atom. The van der Waals surface area contributed by atoms with E-state index in [0.717, 1.165) is 43.0 Å².